The van der Waals surface area contributed by atoms with Gasteiger partial charge < -0.3 is 5.32 Å². The third-order valence-corrected chi connectivity index (χ3v) is 3.63. The molecule has 2 N–H and O–H groups in total. The van der Waals surface area contributed by atoms with Crippen LogP contribution < -0.4 is 10.7 Å². The number of rotatable bonds is 3. The number of nitrogens with one attached hydrogen (secondary N) is 2. The lowest BCUT2D eigenvalue weighted by atomic mass is 9.99. The first kappa shape index (κ1) is 12.1. The molecule has 0 radical (unpaired) electrons. The maximum absolute atomic E-state index is 11.9. The zero-order chi connectivity index (χ0) is 12.3. The Morgan fingerprint density at radius 2 is 2.12 bits per heavy atom. The molecule has 5 heteroatoms. The van der Waals surface area contributed by atoms with Crippen molar-refractivity contribution in [3.63, 3.8) is 0 Å². The van der Waals surface area contributed by atoms with Crippen molar-refractivity contribution >= 4 is 17.5 Å². The van der Waals surface area contributed by atoms with Gasteiger partial charge in [-0.2, -0.15) is 5.10 Å². The van der Waals surface area contributed by atoms with E-state index >= 15 is 0 Å². The summed E-state index contributed by atoms with van der Waals surface area (Å²) >= 11 is 0. The highest BCUT2D eigenvalue weighted by Crippen LogP contribution is 2.27. The van der Waals surface area contributed by atoms with Crippen LogP contribution in [0.4, 0.5) is 0 Å². The molecule has 0 aromatic carbocycles. The Bertz CT molecular complexity index is 346. The van der Waals surface area contributed by atoms with Crippen LogP contribution in [0.15, 0.2) is 5.10 Å². The van der Waals surface area contributed by atoms with E-state index in [1.807, 2.05) is 0 Å². The van der Waals surface area contributed by atoms with E-state index in [1.165, 1.54) is 25.7 Å². The lowest BCUT2D eigenvalue weighted by Crippen LogP contribution is -2.43. The van der Waals surface area contributed by atoms with Crippen molar-refractivity contribution in [2.45, 2.75) is 51.5 Å². The van der Waals surface area contributed by atoms with E-state index in [0.717, 1.165) is 0 Å². The predicted molar refractivity (Wildman–Crippen MR) is 64.4 cm³/mol. The van der Waals surface area contributed by atoms with E-state index in [1.54, 1.807) is 0 Å². The molecule has 0 saturated heterocycles. The van der Waals surface area contributed by atoms with E-state index in [0.29, 0.717) is 24.5 Å². The number of carbonyl (C=O) groups is 2. The SMILES string of the molecule is CC(NC(=O)C1=NNC(=O)CC1)C1CCCC1. The smallest absolute Gasteiger partial charge is 0.267 e. The van der Waals surface area contributed by atoms with Crippen LogP contribution in [0.2, 0.25) is 0 Å². The Morgan fingerprint density at radius 3 is 2.71 bits per heavy atom. The fourth-order valence-electron chi connectivity index (χ4n) is 2.50. The Balaban J connectivity index is 1.86. The lowest BCUT2D eigenvalue weighted by Gasteiger charge is -2.21. The van der Waals surface area contributed by atoms with Crippen molar-refractivity contribution in [1.29, 1.82) is 0 Å². The first-order valence-electron chi connectivity index (χ1n) is 6.33. The van der Waals surface area contributed by atoms with Gasteiger partial charge in [-0.1, -0.05) is 12.8 Å². The normalized spacial score (nSPS) is 22.9. The predicted octanol–water partition coefficient (Wildman–Crippen LogP) is 0.947. The molecule has 1 unspecified atom stereocenters. The third kappa shape index (κ3) is 3.05. The van der Waals surface area contributed by atoms with Crippen molar-refractivity contribution < 1.29 is 9.59 Å². The van der Waals surface area contributed by atoms with Gasteiger partial charge in [-0.25, -0.2) is 5.43 Å². The summed E-state index contributed by atoms with van der Waals surface area (Å²) in [5, 5.41) is 6.78. The largest absolute Gasteiger partial charge is 0.348 e. The van der Waals surface area contributed by atoms with Gasteiger partial charge in [-0.3, -0.25) is 9.59 Å². The van der Waals surface area contributed by atoms with Crippen molar-refractivity contribution in [1.82, 2.24) is 10.7 Å². The van der Waals surface area contributed by atoms with Crippen molar-refractivity contribution in [2.75, 3.05) is 0 Å². The molecular formula is C12H19N3O2. The molecule has 2 aliphatic rings. The van der Waals surface area contributed by atoms with Crippen LogP contribution in [0.25, 0.3) is 0 Å². The third-order valence-electron chi connectivity index (χ3n) is 3.63. The minimum absolute atomic E-state index is 0.120. The molecule has 0 aromatic rings. The van der Waals surface area contributed by atoms with Crippen LogP contribution in [0.1, 0.15) is 45.4 Å². The van der Waals surface area contributed by atoms with Gasteiger partial charge in [0.05, 0.1) is 0 Å². The van der Waals surface area contributed by atoms with Gasteiger partial charge in [0.15, 0.2) is 0 Å². The summed E-state index contributed by atoms with van der Waals surface area (Å²) in [4.78, 5) is 22.8. The number of amides is 2. The molecule has 17 heavy (non-hydrogen) atoms. The van der Waals surface area contributed by atoms with E-state index in [4.69, 9.17) is 0 Å². The number of nitrogens with zero attached hydrogens (tertiary/aromatic N) is 1. The van der Waals surface area contributed by atoms with Gasteiger partial charge >= 0.3 is 0 Å². The second kappa shape index (κ2) is 5.29. The summed E-state index contributed by atoms with van der Waals surface area (Å²) in [5.41, 5.74) is 2.78. The van der Waals surface area contributed by atoms with Gasteiger partial charge in [0, 0.05) is 18.9 Å². The van der Waals surface area contributed by atoms with Gasteiger partial charge in [0.25, 0.3) is 5.91 Å². The zero-order valence-corrected chi connectivity index (χ0v) is 10.2. The molecule has 1 saturated carbocycles. The van der Waals surface area contributed by atoms with E-state index < -0.39 is 0 Å². The molecule has 94 valence electrons. The summed E-state index contributed by atoms with van der Waals surface area (Å²) in [5.74, 6) is 0.340. The number of hydrazone groups is 1. The number of carbonyl (C=O) groups excluding carboxylic acids is 2. The molecule has 2 amide bonds. The number of hydrogen-bond acceptors (Lipinski definition) is 3. The first-order chi connectivity index (χ1) is 8.16. The van der Waals surface area contributed by atoms with Crippen molar-refractivity contribution in [3.05, 3.63) is 0 Å². The standard InChI is InChI=1S/C12H19N3O2/c1-8(9-4-2-3-5-9)13-12(17)10-6-7-11(16)15-14-10/h8-9H,2-7H2,1H3,(H,13,17)(H,15,16). The minimum atomic E-state index is -0.135. The molecule has 2 rings (SSSR count). The van der Waals surface area contributed by atoms with Crippen LogP contribution in [-0.2, 0) is 9.59 Å². The van der Waals surface area contributed by atoms with E-state index in [-0.39, 0.29) is 17.9 Å². The molecular weight excluding hydrogens is 218 g/mol. The van der Waals surface area contributed by atoms with Crippen molar-refractivity contribution in [3.8, 4) is 0 Å². The van der Waals surface area contributed by atoms with Gasteiger partial charge in [0.2, 0.25) is 5.91 Å². The summed E-state index contributed by atoms with van der Waals surface area (Å²) in [6, 6.07) is 0.199. The average molecular weight is 237 g/mol. The first-order valence-corrected chi connectivity index (χ1v) is 6.33. The Morgan fingerprint density at radius 1 is 1.41 bits per heavy atom. The van der Waals surface area contributed by atoms with Crippen LogP contribution in [0.3, 0.4) is 0 Å². The van der Waals surface area contributed by atoms with Gasteiger partial charge in [-0.15, -0.1) is 0 Å². The lowest BCUT2D eigenvalue weighted by molar-refractivity contribution is -0.121. The quantitative estimate of drug-likeness (QED) is 0.767. The highest BCUT2D eigenvalue weighted by Gasteiger charge is 2.25. The summed E-state index contributed by atoms with van der Waals surface area (Å²) in [6.45, 7) is 2.05. The van der Waals surface area contributed by atoms with Gasteiger partial charge in [0.1, 0.15) is 5.71 Å². The summed E-state index contributed by atoms with van der Waals surface area (Å²) < 4.78 is 0. The maximum atomic E-state index is 11.9. The molecule has 1 atom stereocenters. The average Bonchev–Trinajstić information content (AvgIpc) is 2.83. The summed E-state index contributed by atoms with van der Waals surface area (Å²) in [7, 11) is 0. The monoisotopic (exact) mass is 237 g/mol. The topological polar surface area (TPSA) is 70.6 Å². The second-order valence-electron chi connectivity index (χ2n) is 4.90. The van der Waals surface area contributed by atoms with Gasteiger partial charge in [-0.05, 0) is 25.7 Å². The fraction of sp³-hybridized carbons (Fsp3) is 0.750. The maximum Gasteiger partial charge on any atom is 0.267 e. The molecule has 0 aromatic heterocycles. The highest BCUT2D eigenvalue weighted by atomic mass is 16.2. The highest BCUT2D eigenvalue weighted by molar-refractivity contribution is 6.39. The van der Waals surface area contributed by atoms with Crippen LogP contribution in [0, 0.1) is 5.92 Å². The molecule has 1 aliphatic heterocycles. The zero-order valence-electron chi connectivity index (χ0n) is 10.2. The van der Waals surface area contributed by atoms with Crippen LogP contribution in [-0.4, -0.2) is 23.6 Å². The van der Waals surface area contributed by atoms with Crippen molar-refractivity contribution in [2.24, 2.45) is 11.0 Å². The van der Waals surface area contributed by atoms with E-state index in [9.17, 15) is 9.59 Å². The molecule has 5 nitrogen and oxygen atoms in total. The second-order valence-corrected chi connectivity index (χ2v) is 4.90. The molecule has 1 fully saturated rings. The molecule has 1 aliphatic carbocycles. The summed E-state index contributed by atoms with van der Waals surface area (Å²) in [6.07, 6.45) is 5.72. The Labute approximate surface area is 101 Å². The van der Waals surface area contributed by atoms with Crippen LogP contribution in [0.5, 0.6) is 0 Å². The molecule has 1 heterocycles. The fourth-order valence-corrected chi connectivity index (χ4v) is 2.50. The molecule has 0 bridgehead atoms. The van der Waals surface area contributed by atoms with Crippen LogP contribution >= 0.6 is 0 Å². The van der Waals surface area contributed by atoms with E-state index in [2.05, 4.69) is 22.8 Å². The Kier molecular flexibility index (Phi) is 3.76. The minimum Gasteiger partial charge on any atom is -0.348 e. The number of hydrogen-bond donors (Lipinski definition) is 2. The Hall–Kier alpha value is -1.39. The molecule has 0 spiro atoms.